The zero-order valence-corrected chi connectivity index (χ0v) is 12.1. The molecule has 0 aliphatic carbocycles. The third-order valence-electron chi connectivity index (χ3n) is 3.20. The number of rotatable bonds is 1. The number of carboxylic acid groups (broad SMARTS) is 1. The van der Waals surface area contributed by atoms with Gasteiger partial charge in [-0.25, -0.2) is 13.2 Å². The zero-order valence-electron chi connectivity index (χ0n) is 10.5. The Balaban J connectivity index is 2.34. The second-order valence-corrected chi connectivity index (χ2v) is 6.79. The maximum atomic E-state index is 12.6. The summed E-state index contributed by atoms with van der Waals surface area (Å²) in [6.45, 7) is 0.103. The fraction of sp³-hybridized carbons (Fsp3) is 0.0714. The van der Waals surface area contributed by atoms with Crippen LogP contribution in [0, 0.1) is 0 Å². The van der Waals surface area contributed by atoms with Crippen molar-refractivity contribution in [3.63, 3.8) is 0 Å². The van der Waals surface area contributed by atoms with Gasteiger partial charge < -0.3 is 9.84 Å². The van der Waals surface area contributed by atoms with Gasteiger partial charge >= 0.3 is 5.97 Å². The van der Waals surface area contributed by atoms with Gasteiger partial charge in [-0.3, -0.25) is 0 Å². The molecule has 2 aromatic rings. The molecule has 0 spiro atoms. The molecule has 0 saturated carbocycles. The van der Waals surface area contributed by atoms with Crippen LogP contribution in [0.5, 0.6) is 5.75 Å². The zero-order chi connectivity index (χ0) is 15.2. The average Bonchev–Trinajstić information content (AvgIpc) is 2.52. The number of carboxylic acids is 1. The average molecular weight is 325 g/mol. The molecule has 0 amide bonds. The van der Waals surface area contributed by atoms with Crippen molar-refractivity contribution in [1.82, 2.24) is 0 Å². The van der Waals surface area contributed by atoms with Gasteiger partial charge in [0.25, 0.3) is 0 Å². The normalized spacial score (nSPS) is 15.3. The summed E-state index contributed by atoms with van der Waals surface area (Å²) in [5.74, 6) is -1.37. The Kier molecular flexibility index (Phi) is 3.15. The smallest absolute Gasteiger partial charge is 0.337 e. The number of aromatic carboxylic acids is 1. The third kappa shape index (κ3) is 2.16. The van der Waals surface area contributed by atoms with Crippen LogP contribution in [0.4, 0.5) is 0 Å². The van der Waals surface area contributed by atoms with Crippen LogP contribution in [0.15, 0.2) is 46.2 Å². The van der Waals surface area contributed by atoms with Gasteiger partial charge in [-0.1, -0.05) is 23.7 Å². The first-order chi connectivity index (χ1) is 9.91. The Morgan fingerprint density at radius 3 is 2.43 bits per heavy atom. The minimum atomic E-state index is -3.82. The predicted molar refractivity (Wildman–Crippen MR) is 74.6 cm³/mol. The molecule has 0 atom stereocenters. The van der Waals surface area contributed by atoms with Crippen LogP contribution in [-0.2, 0) is 16.4 Å². The largest absolute Gasteiger partial charge is 0.486 e. The summed E-state index contributed by atoms with van der Waals surface area (Å²) >= 11 is 6.01. The Hall–Kier alpha value is -2.05. The van der Waals surface area contributed by atoms with Gasteiger partial charge in [-0.05, 0) is 29.8 Å². The topological polar surface area (TPSA) is 80.7 Å². The minimum absolute atomic E-state index is 0.103. The molecule has 2 aliphatic heterocycles. The number of hydrogen-bond donors (Lipinski definition) is 1. The molecule has 0 saturated heterocycles. The van der Waals surface area contributed by atoms with Crippen LogP contribution in [0.1, 0.15) is 15.9 Å². The molecule has 4 rings (SSSR count). The minimum Gasteiger partial charge on any atom is -0.486 e. The monoisotopic (exact) mass is 324 g/mol. The molecule has 1 N–H and O–H groups in total. The van der Waals surface area contributed by atoms with E-state index >= 15 is 0 Å². The molecule has 0 fully saturated rings. The van der Waals surface area contributed by atoms with Crippen LogP contribution in [0.3, 0.4) is 0 Å². The molecule has 2 heterocycles. The fourth-order valence-electron chi connectivity index (χ4n) is 2.10. The van der Waals surface area contributed by atoms with Crippen LogP contribution < -0.4 is 4.74 Å². The molecule has 2 aliphatic rings. The maximum Gasteiger partial charge on any atom is 0.337 e. The van der Waals surface area contributed by atoms with Crippen LogP contribution >= 0.6 is 11.6 Å². The summed E-state index contributed by atoms with van der Waals surface area (Å²) < 4.78 is 30.6. The second kappa shape index (κ2) is 4.75. The maximum absolute atomic E-state index is 12.6. The number of hydrogen-bond acceptors (Lipinski definition) is 4. The summed E-state index contributed by atoms with van der Waals surface area (Å²) in [7, 11) is -3.82. The van der Waals surface area contributed by atoms with Crippen molar-refractivity contribution in [3.05, 3.63) is 52.5 Å². The molecule has 0 aromatic heterocycles. The van der Waals surface area contributed by atoms with Crippen LogP contribution in [0.25, 0.3) is 0 Å². The van der Waals surface area contributed by atoms with Gasteiger partial charge in [-0.15, -0.1) is 0 Å². The number of carbonyl (C=O) groups is 1. The molecule has 0 unspecified atom stereocenters. The molecular formula is C14H9ClO5S. The van der Waals surface area contributed by atoms with Crippen molar-refractivity contribution in [2.24, 2.45) is 0 Å². The van der Waals surface area contributed by atoms with E-state index < -0.39 is 15.8 Å². The van der Waals surface area contributed by atoms with E-state index in [4.69, 9.17) is 21.4 Å². The highest BCUT2D eigenvalue weighted by molar-refractivity contribution is 7.91. The quantitative estimate of drug-likeness (QED) is 0.872. The lowest BCUT2D eigenvalue weighted by molar-refractivity contribution is 0.0696. The number of halogens is 1. The molecule has 7 heteroatoms. The van der Waals surface area contributed by atoms with Crippen LogP contribution in [0.2, 0.25) is 5.02 Å². The molecule has 5 nitrogen and oxygen atoms in total. The molecule has 0 radical (unpaired) electrons. The van der Waals surface area contributed by atoms with E-state index in [0.29, 0.717) is 0 Å². The van der Waals surface area contributed by atoms with Crippen molar-refractivity contribution in [3.8, 4) is 5.75 Å². The Labute approximate surface area is 125 Å². The van der Waals surface area contributed by atoms with Gasteiger partial charge in [0.05, 0.1) is 15.5 Å². The molecule has 21 heavy (non-hydrogen) atoms. The lowest BCUT2D eigenvalue weighted by atomic mass is 10.2. The standard InChI is InChI=1S/C14H9ClO5S/c15-12-10(14(16)17)5-6-11-13(12)20-7-8-1-3-9(4-2-8)21(11,18)19/h1-6H,7H2,(H,16,17). The Bertz CT molecular complexity index is 840. The SMILES string of the molecule is O=C(O)c1ccc2c(c1Cl)OCc1ccc(cc1)S2(=O)=O. The van der Waals surface area contributed by atoms with Crippen LogP contribution in [-0.4, -0.2) is 19.5 Å². The van der Waals surface area contributed by atoms with Gasteiger partial charge in [0.2, 0.25) is 9.84 Å². The molecule has 2 aromatic carbocycles. The Morgan fingerprint density at radius 1 is 1.14 bits per heavy atom. The van der Waals surface area contributed by atoms with Crippen molar-refractivity contribution in [2.75, 3.05) is 0 Å². The predicted octanol–water partition coefficient (Wildman–Crippen LogP) is 2.76. The first kappa shape index (κ1) is 13.9. The van der Waals surface area contributed by atoms with Crippen molar-refractivity contribution in [2.45, 2.75) is 16.4 Å². The highest BCUT2D eigenvalue weighted by Gasteiger charge is 2.28. The highest BCUT2D eigenvalue weighted by atomic mass is 35.5. The molecule has 108 valence electrons. The molecular weight excluding hydrogens is 316 g/mol. The third-order valence-corrected chi connectivity index (χ3v) is 5.37. The highest BCUT2D eigenvalue weighted by Crippen LogP contribution is 2.39. The van der Waals surface area contributed by atoms with Crippen molar-refractivity contribution >= 4 is 27.4 Å². The number of ether oxygens (including phenoxy) is 1. The number of benzene rings is 2. The van der Waals surface area contributed by atoms with Crippen molar-refractivity contribution in [1.29, 1.82) is 0 Å². The fourth-order valence-corrected chi connectivity index (χ4v) is 3.85. The summed E-state index contributed by atoms with van der Waals surface area (Å²) in [4.78, 5) is 11.1. The van der Waals surface area contributed by atoms with Gasteiger partial charge in [0, 0.05) is 0 Å². The number of fused-ring (bicyclic) bond motifs is 3. The molecule has 2 bridgehead atoms. The van der Waals surface area contributed by atoms with Gasteiger partial charge in [0.1, 0.15) is 11.5 Å². The first-order valence-corrected chi connectivity index (χ1v) is 7.80. The summed E-state index contributed by atoms with van der Waals surface area (Å²) in [6.07, 6.45) is 0. The lowest BCUT2D eigenvalue weighted by Gasteiger charge is -2.13. The summed E-state index contributed by atoms with van der Waals surface area (Å²) in [5.41, 5.74) is 0.562. The van der Waals surface area contributed by atoms with Gasteiger partial charge in [0.15, 0.2) is 5.75 Å². The van der Waals surface area contributed by atoms with Gasteiger partial charge in [-0.2, -0.15) is 0 Å². The Morgan fingerprint density at radius 2 is 1.81 bits per heavy atom. The van der Waals surface area contributed by atoms with E-state index in [1.807, 2.05) is 0 Å². The van der Waals surface area contributed by atoms with E-state index in [-0.39, 0.29) is 32.7 Å². The van der Waals surface area contributed by atoms with E-state index in [1.54, 1.807) is 12.1 Å². The first-order valence-electron chi connectivity index (χ1n) is 5.94. The van der Waals surface area contributed by atoms with E-state index in [1.165, 1.54) is 18.2 Å². The second-order valence-electron chi connectivity index (χ2n) is 4.50. The van der Waals surface area contributed by atoms with E-state index in [9.17, 15) is 13.2 Å². The lowest BCUT2D eigenvalue weighted by Crippen LogP contribution is -2.07. The summed E-state index contributed by atoms with van der Waals surface area (Å²) in [5, 5.41) is 8.85. The number of sulfone groups is 1. The van der Waals surface area contributed by atoms with Crippen molar-refractivity contribution < 1.29 is 23.1 Å². The van der Waals surface area contributed by atoms with E-state index in [2.05, 4.69) is 0 Å². The summed E-state index contributed by atoms with van der Waals surface area (Å²) in [6, 6.07) is 8.63. The van der Waals surface area contributed by atoms with E-state index in [0.717, 1.165) is 11.6 Å².